The van der Waals surface area contributed by atoms with Crippen molar-refractivity contribution >= 4 is 0 Å². The minimum absolute atomic E-state index is 0.717. The van der Waals surface area contributed by atoms with E-state index in [9.17, 15) is 0 Å². The van der Waals surface area contributed by atoms with E-state index in [1.807, 2.05) is 0 Å². The third-order valence-corrected chi connectivity index (χ3v) is 2.72. The summed E-state index contributed by atoms with van der Waals surface area (Å²) in [7, 11) is 0. The molecule has 0 bridgehead atoms. The topological polar surface area (TPSA) is 3.24 Å². The van der Waals surface area contributed by atoms with Crippen LogP contribution in [0.2, 0.25) is 0 Å². The molecule has 14 heavy (non-hydrogen) atoms. The summed E-state index contributed by atoms with van der Waals surface area (Å²) in [4.78, 5) is 2.60. The summed E-state index contributed by atoms with van der Waals surface area (Å²) in [6.45, 7) is 14.1. The Balaban J connectivity index is 3.50. The Labute approximate surface area is 90.9 Å². The fraction of sp³-hybridized carbons (Fsp3) is 1.00. The van der Waals surface area contributed by atoms with Gasteiger partial charge in [0.15, 0.2) is 0 Å². The molecule has 0 aliphatic heterocycles. The van der Waals surface area contributed by atoms with E-state index in [1.165, 1.54) is 38.8 Å². The molecule has 0 atom stereocenters. The van der Waals surface area contributed by atoms with Gasteiger partial charge >= 0.3 is 0 Å². The molecule has 0 amide bonds. The van der Waals surface area contributed by atoms with E-state index in [1.54, 1.807) is 0 Å². The van der Waals surface area contributed by atoms with Crippen LogP contribution in [0.25, 0.3) is 0 Å². The highest BCUT2D eigenvalue weighted by Gasteiger charge is 2.07. The van der Waals surface area contributed by atoms with Crippen LogP contribution in [0.1, 0.15) is 60.3 Å². The first-order valence-corrected chi connectivity index (χ1v) is 6.32. The van der Waals surface area contributed by atoms with Gasteiger partial charge in [-0.15, -0.1) is 0 Å². The van der Waals surface area contributed by atoms with E-state index in [-0.39, 0.29) is 0 Å². The van der Waals surface area contributed by atoms with Crippen LogP contribution in [-0.4, -0.2) is 24.0 Å². The summed E-state index contributed by atoms with van der Waals surface area (Å²) in [5, 5.41) is 0. The smallest absolute Gasteiger partial charge is 0.00385 e. The van der Waals surface area contributed by atoms with Gasteiger partial charge in [-0.2, -0.15) is 0 Å². The number of nitrogens with zero attached hydrogens (tertiary/aromatic N) is 1. The Morgan fingerprint density at radius 2 is 1.57 bits per heavy atom. The molecule has 0 fully saturated rings. The maximum absolute atomic E-state index is 2.60. The van der Waals surface area contributed by atoms with Crippen LogP contribution in [0.5, 0.6) is 0 Å². The van der Waals surface area contributed by atoms with Crippen molar-refractivity contribution in [2.24, 2.45) is 5.92 Å². The van der Waals surface area contributed by atoms with Crippen LogP contribution >= 0.6 is 0 Å². The molecule has 0 aliphatic rings. The molecule has 0 aromatic heterocycles. The number of rotatable bonds is 8. The lowest BCUT2D eigenvalue weighted by atomic mass is 10.1. The van der Waals surface area contributed by atoms with Crippen molar-refractivity contribution in [1.29, 1.82) is 0 Å². The molecule has 0 heterocycles. The quantitative estimate of drug-likeness (QED) is 0.535. The van der Waals surface area contributed by atoms with Gasteiger partial charge in [-0.3, -0.25) is 0 Å². The summed E-state index contributed by atoms with van der Waals surface area (Å²) in [5.74, 6) is 0.869. The molecule has 0 aromatic carbocycles. The molecule has 0 spiro atoms. The standard InChI is InChI=1S/C13H29N/c1-6-10-14(13(4)5)11-8-7-9-12(2)3/h12-13H,6-11H2,1-5H3. The molecule has 0 aromatic rings. The predicted octanol–water partition coefficient (Wildman–Crippen LogP) is 3.93. The first-order valence-electron chi connectivity index (χ1n) is 6.32. The average molecular weight is 199 g/mol. The molecule has 0 unspecified atom stereocenters. The van der Waals surface area contributed by atoms with E-state index in [4.69, 9.17) is 0 Å². The second kappa shape index (κ2) is 8.28. The second-order valence-electron chi connectivity index (χ2n) is 5.02. The van der Waals surface area contributed by atoms with Gasteiger partial charge < -0.3 is 4.90 Å². The lowest BCUT2D eigenvalue weighted by molar-refractivity contribution is 0.216. The van der Waals surface area contributed by atoms with Crippen LogP contribution in [-0.2, 0) is 0 Å². The molecule has 0 saturated heterocycles. The van der Waals surface area contributed by atoms with Gasteiger partial charge in [-0.05, 0) is 45.7 Å². The normalized spacial score (nSPS) is 12.0. The Hall–Kier alpha value is -0.0400. The van der Waals surface area contributed by atoms with Crippen molar-refractivity contribution in [2.45, 2.75) is 66.3 Å². The lowest BCUT2D eigenvalue weighted by Crippen LogP contribution is -2.32. The highest BCUT2D eigenvalue weighted by atomic mass is 15.1. The zero-order valence-corrected chi connectivity index (χ0v) is 10.8. The van der Waals surface area contributed by atoms with E-state index >= 15 is 0 Å². The van der Waals surface area contributed by atoms with Gasteiger partial charge in [-0.25, -0.2) is 0 Å². The molecular weight excluding hydrogens is 170 g/mol. The van der Waals surface area contributed by atoms with Gasteiger partial charge in [-0.1, -0.05) is 33.6 Å². The highest BCUT2D eigenvalue weighted by Crippen LogP contribution is 2.08. The van der Waals surface area contributed by atoms with Crippen LogP contribution in [0.3, 0.4) is 0 Å². The number of unbranched alkanes of at least 4 members (excludes halogenated alkanes) is 1. The summed E-state index contributed by atoms with van der Waals surface area (Å²) < 4.78 is 0. The summed E-state index contributed by atoms with van der Waals surface area (Å²) in [6.07, 6.45) is 5.43. The third-order valence-electron chi connectivity index (χ3n) is 2.72. The molecule has 1 heteroatoms. The van der Waals surface area contributed by atoms with Crippen molar-refractivity contribution in [3.05, 3.63) is 0 Å². The van der Waals surface area contributed by atoms with E-state index < -0.39 is 0 Å². The van der Waals surface area contributed by atoms with Gasteiger partial charge in [0.25, 0.3) is 0 Å². The van der Waals surface area contributed by atoms with Gasteiger partial charge in [0.2, 0.25) is 0 Å². The lowest BCUT2D eigenvalue weighted by Gasteiger charge is -2.25. The van der Waals surface area contributed by atoms with Crippen LogP contribution in [0.15, 0.2) is 0 Å². The number of hydrogen-bond acceptors (Lipinski definition) is 1. The van der Waals surface area contributed by atoms with E-state index in [2.05, 4.69) is 39.5 Å². The largest absolute Gasteiger partial charge is 0.301 e. The minimum atomic E-state index is 0.717. The molecular formula is C13H29N. The third kappa shape index (κ3) is 7.37. The van der Waals surface area contributed by atoms with Crippen molar-refractivity contribution < 1.29 is 0 Å². The van der Waals surface area contributed by atoms with Gasteiger partial charge in [0.1, 0.15) is 0 Å². The Kier molecular flexibility index (Phi) is 8.26. The van der Waals surface area contributed by atoms with Gasteiger partial charge in [0, 0.05) is 6.04 Å². The predicted molar refractivity (Wildman–Crippen MR) is 65.7 cm³/mol. The summed E-state index contributed by atoms with van der Waals surface area (Å²) in [5.41, 5.74) is 0. The fourth-order valence-corrected chi connectivity index (χ4v) is 1.78. The monoisotopic (exact) mass is 199 g/mol. The summed E-state index contributed by atoms with van der Waals surface area (Å²) in [6, 6.07) is 0.717. The molecule has 86 valence electrons. The highest BCUT2D eigenvalue weighted by molar-refractivity contribution is 4.62. The Morgan fingerprint density at radius 1 is 0.929 bits per heavy atom. The SMILES string of the molecule is CCCN(CCCCC(C)C)C(C)C. The zero-order valence-electron chi connectivity index (χ0n) is 10.8. The summed E-state index contributed by atoms with van der Waals surface area (Å²) >= 11 is 0. The second-order valence-corrected chi connectivity index (χ2v) is 5.02. The van der Waals surface area contributed by atoms with Crippen LogP contribution < -0.4 is 0 Å². The number of hydrogen-bond donors (Lipinski definition) is 0. The average Bonchev–Trinajstić information content (AvgIpc) is 2.09. The van der Waals surface area contributed by atoms with Crippen LogP contribution in [0.4, 0.5) is 0 Å². The first kappa shape index (κ1) is 14.0. The molecule has 0 saturated carbocycles. The van der Waals surface area contributed by atoms with Crippen molar-refractivity contribution in [3.63, 3.8) is 0 Å². The van der Waals surface area contributed by atoms with E-state index in [0.29, 0.717) is 6.04 Å². The Bertz CT molecular complexity index is 118. The molecule has 0 radical (unpaired) electrons. The molecule has 1 nitrogen and oxygen atoms in total. The maximum Gasteiger partial charge on any atom is 0.00385 e. The maximum atomic E-state index is 2.60. The van der Waals surface area contributed by atoms with Crippen LogP contribution in [0, 0.1) is 5.92 Å². The first-order chi connectivity index (χ1) is 6.57. The van der Waals surface area contributed by atoms with Crippen molar-refractivity contribution in [1.82, 2.24) is 4.90 Å². The zero-order chi connectivity index (χ0) is 11.0. The minimum Gasteiger partial charge on any atom is -0.301 e. The molecule has 0 N–H and O–H groups in total. The molecule has 0 rings (SSSR count). The van der Waals surface area contributed by atoms with E-state index in [0.717, 1.165) is 5.92 Å². The van der Waals surface area contributed by atoms with Gasteiger partial charge in [0.05, 0.1) is 0 Å². The molecule has 0 aliphatic carbocycles. The fourth-order valence-electron chi connectivity index (χ4n) is 1.78. The van der Waals surface area contributed by atoms with Crippen molar-refractivity contribution in [2.75, 3.05) is 13.1 Å². The van der Waals surface area contributed by atoms with Crippen molar-refractivity contribution in [3.8, 4) is 0 Å². The Morgan fingerprint density at radius 3 is 2.00 bits per heavy atom.